The second-order valence-electron chi connectivity index (χ2n) is 7.97. The molecule has 1 aromatic rings. The van der Waals surface area contributed by atoms with Crippen LogP contribution >= 0.6 is 0 Å². The van der Waals surface area contributed by atoms with E-state index < -0.39 is 0 Å². The number of nitrogens with zero attached hydrogens (tertiary/aromatic N) is 1. The number of carbonyl (C=O) groups is 1. The van der Waals surface area contributed by atoms with Gasteiger partial charge in [0.2, 0.25) is 0 Å². The first kappa shape index (κ1) is 15.2. The van der Waals surface area contributed by atoms with Crippen LogP contribution in [0.25, 0.3) is 0 Å². The molecule has 4 heteroatoms. The molecule has 120 valence electrons. The van der Waals surface area contributed by atoms with E-state index in [1.165, 1.54) is 6.42 Å². The maximum Gasteiger partial charge on any atom is 0.322 e. The minimum absolute atomic E-state index is 0.00377. The van der Waals surface area contributed by atoms with E-state index in [0.717, 1.165) is 25.1 Å². The number of amides is 2. The quantitative estimate of drug-likeness (QED) is 0.892. The SMILES string of the molecule is COc1ccccc1NC(=O)N1CC2(C)CC1CC(C)(C)C2. The van der Waals surface area contributed by atoms with Gasteiger partial charge < -0.3 is 15.0 Å². The van der Waals surface area contributed by atoms with Gasteiger partial charge in [0.25, 0.3) is 0 Å². The van der Waals surface area contributed by atoms with Gasteiger partial charge >= 0.3 is 6.03 Å². The monoisotopic (exact) mass is 302 g/mol. The third-order valence-electron chi connectivity index (χ3n) is 5.02. The number of anilines is 1. The summed E-state index contributed by atoms with van der Waals surface area (Å²) in [6.07, 6.45) is 3.40. The molecule has 0 spiro atoms. The number of benzene rings is 1. The fraction of sp³-hybridized carbons (Fsp3) is 0.611. The number of urea groups is 1. The molecule has 0 radical (unpaired) electrons. The highest BCUT2D eigenvalue weighted by atomic mass is 16.5. The molecule has 4 nitrogen and oxygen atoms in total. The first-order chi connectivity index (χ1) is 10.3. The van der Waals surface area contributed by atoms with Crippen molar-refractivity contribution < 1.29 is 9.53 Å². The zero-order valence-electron chi connectivity index (χ0n) is 14.0. The maximum absolute atomic E-state index is 12.7. The van der Waals surface area contributed by atoms with Gasteiger partial charge in [-0.25, -0.2) is 4.79 Å². The highest BCUT2D eigenvalue weighted by Crippen LogP contribution is 2.52. The number of hydrogen-bond donors (Lipinski definition) is 1. The molecular weight excluding hydrogens is 276 g/mol. The van der Waals surface area contributed by atoms with Crippen LogP contribution in [-0.2, 0) is 0 Å². The molecule has 1 aromatic carbocycles. The van der Waals surface area contributed by atoms with Crippen LogP contribution in [0.15, 0.2) is 24.3 Å². The first-order valence-corrected chi connectivity index (χ1v) is 8.03. The number of para-hydroxylation sites is 2. The van der Waals surface area contributed by atoms with E-state index in [1.54, 1.807) is 7.11 Å². The number of fused-ring (bicyclic) bond motifs is 2. The zero-order valence-corrected chi connectivity index (χ0v) is 14.0. The minimum Gasteiger partial charge on any atom is -0.495 e. The summed E-state index contributed by atoms with van der Waals surface area (Å²) in [7, 11) is 1.62. The average Bonchev–Trinajstić information content (AvgIpc) is 2.68. The van der Waals surface area contributed by atoms with Crippen molar-refractivity contribution in [2.45, 2.75) is 46.1 Å². The number of methoxy groups -OCH3 is 1. The highest BCUT2D eigenvalue weighted by molar-refractivity contribution is 5.91. The Morgan fingerprint density at radius 3 is 2.73 bits per heavy atom. The van der Waals surface area contributed by atoms with Crippen LogP contribution in [0, 0.1) is 10.8 Å². The Labute approximate surface area is 132 Å². The Bertz CT molecular complexity index is 584. The summed E-state index contributed by atoms with van der Waals surface area (Å²) < 4.78 is 5.32. The summed E-state index contributed by atoms with van der Waals surface area (Å²) in [6.45, 7) is 7.80. The summed E-state index contributed by atoms with van der Waals surface area (Å²) in [5.41, 5.74) is 1.31. The number of nitrogens with one attached hydrogen (secondary N) is 1. The molecule has 1 N–H and O–H groups in total. The smallest absolute Gasteiger partial charge is 0.322 e. The second-order valence-corrected chi connectivity index (χ2v) is 7.97. The molecule has 1 aliphatic carbocycles. The van der Waals surface area contributed by atoms with Crippen molar-refractivity contribution in [1.29, 1.82) is 0 Å². The molecule has 2 aliphatic rings. The van der Waals surface area contributed by atoms with Gasteiger partial charge in [-0.2, -0.15) is 0 Å². The highest BCUT2D eigenvalue weighted by Gasteiger charge is 2.51. The lowest BCUT2D eigenvalue weighted by molar-refractivity contribution is 0.130. The summed E-state index contributed by atoms with van der Waals surface area (Å²) in [4.78, 5) is 14.8. The van der Waals surface area contributed by atoms with E-state index in [4.69, 9.17) is 4.74 Å². The van der Waals surface area contributed by atoms with E-state index in [2.05, 4.69) is 26.1 Å². The van der Waals surface area contributed by atoms with Crippen LogP contribution in [0.3, 0.4) is 0 Å². The van der Waals surface area contributed by atoms with E-state index in [1.807, 2.05) is 29.2 Å². The van der Waals surface area contributed by atoms with Crippen LogP contribution in [0.1, 0.15) is 40.0 Å². The normalized spacial score (nSPS) is 29.3. The van der Waals surface area contributed by atoms with Crippen LogP contribution in [0.5, 0.6) is 5.75 Å². The Morgan fingerprint density at radius 2 is 2.00 bits per heavy atom. The molecule has 2 amide bonds. The molecule has 0 aromatic heterocycles. The minimum atomic E-state index is -0.00377. The molecule has 2 fully saturated rings. The molecule has 1 aliphatic heterocycles. The number of rotatable bonds is 2. The average molecular weight is 302 g/mol. The van der Waals surface area contributed by atoms with E-state index in [9.17, 15) is 4.79 Å². The Hall–Kier alpha value is -1.71. The molecule has 1 saturated heterocycles. The van der Waals surface area contributed by atoms with Gasteiger partial charge in [0.1, 0.15) is 5.75 Å². The predicted octanol–water partition coefficient (Wildman–Crippen LogP) is 4.13. The zero-order chi connectivity index (χ0) is 16.0. The van der Waals surface area contributed by atoms with Gasteiger partial charge in [0.05, 0.1) is 12.8 Å². The molecule has 2 unspecified atom stereocenters. The second kappa shape index (κ2) is 5.18. The summed E-state index contributed by atoms with van der Waals surface area (Å²) in [6, 6.07) is 7.90. The summed E-state index contributed by atoms with van der Waals surface area (Å²) in [5.74, 6) is 0.699. The molecule has 2 bridgehead atoms. The van der Waals surface area contributed by atoms with Crippen LogP contribution < -0.4 is 10.1 Å². The van der Waals surface area contributed by atoms with E-state index in [0.29, 0.717) is 17.2 Å². The fourth-order valence-corrected chi connectivity index (χ4v) is 4.63. The van der Waals surface area contributed by atoms with Crippen molar-refractivity contribution in [3.63, 3.8) is 0 Å². The standard InChI is InChI=1S/C18H26N2O2/c1-17(2)9-13-10-18(3,11-17)12-20(13)16(21)19-14-7-5-6-8-15(14)22-4/h5-8,13H,9-12H2,1-4H3,(H,19,21). The number of carbonyl (C=O) groups excluding carboxylic acids is 1. The first-order valence-electron chi connectivity index (χ1n) is 8.03. The topological polar surface area (TPSA) is 41.6 Å². The third kappa shape index (κ3) is 2.79. The van der Waals surface area contributed by atoms with E-state index in [-0.39, 0.29) is 11.4 Å². The van der Waals surface area contributed by atoms with Crippen LogP contribution in [-0.4, -0.2) is 30.6 Å². The number of ether oxygens (including phenoxy) is 1. The summed E-state index contributed by atoms with van der Waals surface area (Å²) in [5, 5.41) is 3.02. The van der Waals surface area contributed by atoms with Gasteiger partial charge in [-0.3, -0.25) is 0 Å². The van der Waals surface area contributed by atoms with E-state index >= 15 is 0 Å². The Kier molecular flexibility index (Phi) is 3.58. The van der Waals surface area contributed by atoms with Gasteiger partial charge in [0.15, 0.2) is 0 Å². The summed E-state index contributed by atoms with van der Waals surface area (Å²) >= 11 is 0. The number of likely N-dealkylation sites (tertiary alicyclic amines) is 1. The van der Waals surface area contributed by atoms with Gasteiger partial charge in [-0.05, 0) is 42.2 Å². The van der Waals surface area contributed by atoms with Gasteiger partial charge in [-0.15, -0.1) is 0 Å². The molecule has 22 heavy (non-hydrogen) atoms. The van der Waals surface area contributed by atoms with Crippen molar-refractivity contribution in [3.05, 3.63) is 24.3 Å². The molecular formula is C18H26N2O2. The van der Waals surface area contributed by atoms with Crippen LogP contribution in [0.4, 0.5) is 10.5 Å². The molecule has 1 heterocycles. The molecule has 2 atom stereocenters. The largest absolute Gasteiger partial charge is 0.495 e. The van der Waals surface area contributed by atoms with Gasteiger partial charge in [-0.1, -0.05) is 32.9 Å². The van der Waals surface area contributed by atoms with Crippen molar-refractivity contribution in [2.24, 2.45) is 10.8 Å². The Morgan fingerprint density at radius 1 is 1.27 bits per heavy atom. The number of hydrogen-bond acceptors (Lipinski definition) is 2. The van der Waals surface area contributed by atoms with Crippen molar-refractivity contribution in [3.8, 4) is 5.75 Å². The lowest BCUT2D eigenvalue weighted by Gasteiger charge is -2.39. The third-order valence-corrected chi connectivity index (χ3v) is 5.02. The lowest BCUT2D eigenvalue weighted by atomic mass is 9.65. The molecule has 1 saturated carbocycles. The maximum atomic E-state index is 12.7. The van der Waals surface area contributed by atoms with Crippen molar-refractivity contribution in [2.75, 3.05) is 19.0 Å². The van der Waals surface area contributed by atoms with Gasteiger partial charge in [0, 0.05) is 12.6 Å². The molecule has 3 rings (SSSR count). The Balaban J connectivity index is 1.76. The predicted molar refractivity (Wildman–Crippen MR) is 88.2 cm³/mol. The van der Waals surface area contributed by atoms with Crippen molar-refractivity contribution in [1.82, 2.24) is 4.90 Å². The van der Waals surface area contributed by atoms with Crippen LogP contribution in [0.2, 0.25) is 0 Å². The lowest BCUT2D eigenvalue weighted by Crippen LogP contribution is -2.40. The fourth-order valence-electron chi connectivity index (χ4n) is 4.63. The van der Waals surface area contributed by atoms with Crippen molar-refractivity contribution >= 4 is 11.7 Å².